The predicted molar refractivity (Wildman–Crippen MR) is 79.7 cm³/mol. The molecule has 0 bridgehead atoms. The predicted octanol–water partition coefficient (Wildman–Crippen LogP) is 3.24. The molecule has 1 saturated heterocycles. The summed E-state index contributed by atoms with van der Waals surface area (Å²) in [6, 6.07) is 7.21. The number of hydrogen-bond acceptors (Lipinski definition) is 4. The van der Waals surface area contributed by atoms with Crippen molar-refractivity contribution in [1.29, 1.82) is 0 Å². The first-order chi connectivity index (χ1) is 9.81. The molecule has 0 unspecified atom stereocenters. The quantitative estimate of drug-likeness (QED) is 0.635. The van der Waals surface area contributed by atoms with E-state index in [4.69, 9.17) is 21.1 Å². The Labute approximate surface area is 128 Å². The maximum atomic E-state index is 12.0. The molecule has 1 aliphatic rings. The monoisotopic (exact) mass is 308 g/mol. The normalized spacial score (nSPS) is 21.0. The molecular weight excluding hydrogens is 292 g/mol. The van der Waals surface area contributed by atoms with Gasteiger partial charge in [0.25, 0.3) is 0 Å². The van der Waals surface area contributed by atoms with Crippen LogP contribution in [-0.4, -0.2) is 24.6 Å². The highest BCUT2D eigenvalue weighted by Crippen LogP contribution is 2.31. The van der Waals surface area contributed by atoms with Gasteiger partial charge < -0.3 is 9.47 Å². The van der Waals surface area contributed by atoms with Crippen LogP contribution in [0.3, 0.4) is 0 Å². The minimum atomic E-state index is -0.875. The fourth-order valence-corrected chi connectivity index (χ4v) is 2.41. The number of ether oxygens (including phenoxy) is 2. The number of esters is 2. The zero-order valence-electron chi connectivity index (χ0n) is 12.2. The van der Waals surface area contributed by atoms with Gasteiger partial charge in [0.15, 0.2) is 0 Å². The molecule has 0 N–H and O–H groups in total. The van der Waals surface area contributed by atoms with Crippen LogP contribution < -0.4 is 0 Å². The second kappa shape index (κ2) is 5.90. The van der Waals surface area contributed by atoms with Crippen LogP contribution in [0, 0.1) is 5.41 Å². The zero-order valence-corrected chi connectivity index (χ0v) is 12.9. The largest absolute Gasteiger partial charge is 0.462 e. The smallest absolute Gasteiger partial charge is 0.348 e. The first-order valence-corrected chi connectivity index (χ1v) is 6.99. The van der Waals surface area contributed by atoms with Crippen molar-refractivity contribution in [1.82, 2.24) is 0 Å². The van der Waals surface area contributed by atoms with Gasteiger partial charge in [-0.15, -0.1) is 0 Å². The van der Waals surface area contributed by atoms with Crippen molar-refractivity contribution in [2.24, 2.45) is 5.41 Å². The van der Waals surface area contributed by atoms with Crippen molar-refractivity contribution in [3.05, 3.63) is 40.9 Å². The highest BCUT2D eigenvalue weighted by Gasteiger charge is 2.46. The van der Waals surface area contributed by atoms with E-state index < -0.39 is 23.5 Å². The fourth-order valence-electron chi connectivity index (χ4n) is 2.12. The van der Waals surface area contributed by atoms with Gasteiger partial charge in [0.1, 0.15) is 6.61 Å². The average Bonchev–Trinajstić information content (AvgIpc) is 2.66. The number of halogens is 1. The highest BCUT2D eigenvalue weighted by molar-refractivity contribution is 6.32. The summed E-state index contributed by atoms with van der Waals surface area (Å²) in [6.45, 7) is 5.65. The van der Waals surface area contributed by atoms with Crippen molar-refractivity contribution >= 4 is 29.1 Å². The Morgan fingerprint density at radius 1 is 1.43 bits per heavy atom. The van der Waals surface area contributed by atoms with Crippen LogP contribution in [0.2, 0.25) is 5.02 Å². The van der Waals surface area contributed by atoms with E-state index in [2.05, 4.69) is 0 Å². The van der Waals surface area contributed by atoms with E-state index in [0.29, 0.717) is 10.6 Å². The minimum Gasteiger partial charge on any atom is -0.462 e. The SMILES string of the molecule is CC(=CC(=O)O[C@H]1C(=O)OCC1(C)C)c1ccccc1Cl. The summed E-state index contributed by atoms with van der Waals surface area (Å²) in [5, 5.41) is 0.555. The summed E-state index contributed by atoms with van der Waals surface area (Å²) in [4.78, 5) is 23.6. The van der Waals surface area contributed by atoms with Gasteiger partial charge in [-0.2, -0.15) is 0 Å². The van der Waals surface area contributed by atoms with E-state index >= 15 is 0 Å². The molecule has 5 heteroatoms. The molecule has 0 aromatic heterocycles. The van der Waals surface area contributed by atoms with Crippen molar-refractivity contribution in [3.63, 3.8) is 0 Å². The second-order valence-corrected chi connectivity index (χ2v) is 6.13. The molecule has 1 atom stereocenters. The number of benzene rings is 1. The lowest BCUT2D eigenvalue weighted by molar-refractivity contribution is -0.159. The lowest BCUT2D eigenvalue weighted by Gasteiger charge is -2.21. The molecule has 1 aliphatic heterocycles. The van der Waals surface area contributed by atoms with Gasteiger partial charge in [-0.3, -0.25) is 0 Å². The Balaban J connectivity index is 2.13. The van der Waals surface area contributed by atoms with Gasteiger partial charge in [-0.25, -0.2) is 9.59 Å². The van der Waals surface area contributed by atoms with E-state index in [-0.39, 0.29) is 6.61 Å². The topological polar surface area (TPSA) is 52.6 Å². The first kappa shape index (κ1) is 15.6. The molecule has 4 nitrogen and oxygen atoms in total. The van der Waals surface area contributed by atoms with E-state index in [1.54, 1.807) is 13.0 Å². The van der Waals surface area contributed by atoms with Crippen molar-refractivity contribution in [2.75, 3.05) is 6.61 Å². The number of carbonyl (C=O) groups excluding carboxylic acids is 2. The first-order valence-electron chi connectivity index (χ1n) is 6.62. The van der Waals surface area contributed by atoms with Crippen molar-refractivity contribution in [2.45, 2.75) is 26.9 Å². The van der Waals surface area contributed by atoms with Gasteiger partial charge in [-0.1, -0.05) is 43.6 Å². The molecule has 0 aliphatic carbocycles. The number of hydrogen-bond donors (Lipinski definition) is 0. The summed E-state index contributed by atoms with van der Waals surface area (Å²) in [5.74, 6) is -1.08. The fraction of sp³-hybridized carbons (Fsp3) is 0.375. The molecule has 0 saturated carbocycles. The summed E-state index contributed by atoms with van der Waals surface area (Å²) in [5.41, 5.74) is 0.915. The Hall–Kier alpha value is -1.81. The second-order valence-electron chi connectivity index (χ2n) is 5.72. The number of carbonyl (C=O) groups is 2. The third kappa shape index (κ3) is 3.45. The van der Waals surface area contributed by atoms with Crippen LogP contribution in [0.15, 0.2) is 30.3 Å². The average molecular weight is 309 g/mol. The van der Waals surface area contributed by atoms with Crippen LogP contribution >= 0.6 is 11.6 Å². The highest BCUT2D eigenvalue weighted by atomic mass is 35.5. The number of allylic oxidation sites excluding steroid dienone is 1. The van der Waals surface area contributed by atoms with Crippen LogP contribution in [-0.2, 0) is 19.1 Å². The van der Waals surface area contributed by atoms with E-state index in [0.717, 1.165) is 5.56 Å². The summed E-state index contributed by atoms with van der Waals surface area (Å²) >= 11 is 6.07. The Morgan fingerprint density at radius 2 is 2.10 bits per heavy atom. The molecule has 0 amide bonds. The molecule has 1 aromatic rings. The standard InChI is InChI=1S/C16H17ClO4/c1-10(11-6-4-5-7-12(11)17)8-13(18)21-14-15(19)20-9-16(14,2)3/h4-8,14H,9H2,1-3H3/t14-/m0/s1. The maximum Gasteiger partial charge on any atom is 0.348 e. The van der Waals surface area contributed by atoms with Crippen molar-refractivity contribution < 1.29 is 19.1 Å². The van der Waals surface area contributed by atoms with Gasteiger partial charge in [0, 0.05) is 16.5 Å². The third-order valence-electron chi connectivity index (χ3n) is 3.38. The summed E-state index contributed by atoms with van der Waals surface area (Å²) < 4.78 is 10.2. The van der Waals surface area contributed by atoms with Gasteiger partial charge >= 0.3 is 11.9 Å². The molecule has 0 spiro atoms. The number of rotatable bonds is 3. The maximum absolute atomic E-state index is 12.0. The third-order valence-corrected chi connectivity index (χ3v) is 3.71. The van der Waals surface area contributed by atoms with Crippen LogP contribution in [0.5, 0.6) is 0 Å². The lowest BCUT2D eigenvalue weighted by atomic mass is 9.90. The van der Waals surface area contributed by atoms with Crippen LogP contribution in [0.4, 0.5) is 0 Å². The molecule has 0 radical (unpaired) electrons. The molecule has 112 valence electrons. The van der Waals surface area contributed by atoms with Gasteiger partial charge in [-0.05, 0) is 24.1 Å². The zero-order chi connectivity index (χ0) is 15.6. The summed E-state index contributed by atoms with van der Waals surface area (Å²) in [7, 11) is 0. The van der Waals surface area contributed by atoms with E-state index in [9.17, 15) is 9.59 Å². The van der Waals surface area contributed by atoms with Gasteiger partial charge in [0.2, 0.25) is 6.10 Å². The van der Waals surface area contributed by atoms with E-state index in [1.807, 2.05) is 32.0 Å². The summed E-state index contributed by atoms with van der Waals surface area (Å²) in [6.07, 6.45) is 0.461. The van der Waals surface area contributed by atoms with Crippen LogP contribution in [0.1, 0.15) is 26.3 Å². The minimum absolute atomic E-state index is 0.247. The van der Waals surface area contributed by atoms with E-state index in [1.165, 1.54) is 6.08 Å². The lowest BCUT2D eigenvalue weighted by Crippen LogP contribution is -2.34. The molecule has 1 fully saturated rings. The van der Waals surface area contributed by atoms with Crippen molar-refractivity contribution in [3.8, 4) is 0 Å². The molecule has 2 rings (SSSR count). The van der Waals surface area contributed by atoms with Gasteiger partial charge in [0.05, 0.1) is 0 Å². The Morgan fingerprint density at radius 3 is 2.67 bits per heavy atom. The Kier molecular flexibility index (Phi) is 4.37. The van der Waals surface area contributed by atoms with Crippen LogP contribution in [0.25, 0.3) is 5.57 Å². The molecule has 1 heterocycles. The molecule has 21 heavy (non-hydrogen) atoms. The molecular formula is C16H17ClO4. The number of cyclic esters (lactones) is 1. The molecule has 1 aromatic carbocycles. The Bertz CT molecular complexity index is 604.